The number of aryl methyl sites for hydroxylation is 1. The molecule has 0 aliphatic heterocycles. The Bertz CT molecular complexity index is 290. The zero-order chi connectivity index (χ0) is 10.8. The maximum atomic E-state index is 11.8. The van der Waals surface area contributed by atoms with Gasteiger partial charge in [-0.25, -0.2) is 0 Å². The molecule has 1 aromatic rings. The first-order valence-corrected chi connectivity index (χ1v) is 4.19. The fourth-order valence-electron chi connectivity index (χ4n) is 1.08. The average Bonchev–Trinajstić information content (AvgIpc) is 2.46. The van der Waals surface area contributed by atoms with Crippen molar-refractivity contribution in [1.29, 1.82) is 0 Å². The van der Waals surface area contributed by atoms with E-state index in [2.05, 4.69) is 0 Å². The molecule has 5 heteroatoms. The molecule has 0 aromatic carbocycles. The van der Waals surface area contributed by atoms with E-state index in [4.69, 9.17) is 4.42 Å². The molecule has 0 aliphatic rings. The fourth-order valence-corrected chi connectivity index (χ4v) is 1.08. The van der Waals surface area contributed by atoms with Gasteiger partial charge in [0, 0.05) is 6.42 Å². The Hall–Kier alpha value is -0.970. The fraction of sp³-hybridized carbons (Fsp3) is 0.556. The van der Waals surface area contributed by atoms with Gasteiger partial charge in [-0.2, -0.15) is 13.2 Å². The zero-order valence-corrected chi connectivity index (χ0v) is 7.64. The Labute approximate surface area is 79.3 Å². The van der Waals surface area contributed by atoms with Gasteiger partial charge in [-0.1, -0.05) is 0 Å². The van der Waals surface area contributed by atoms with Crippen LogP contribution in [0.5, 0.6) is 0 Å². The van der Waals surface area contributed by atoms with Gasteiger partial charge in [0.15, 0.2) is 0 Å². The molecule has 80 valence electrons. The van der Waals surface area contributed by atoms with Gasteiger partial charge >= 0.3 is 6.18 Å². The van der Waals surface area contributed by atoms with Gasteiger partial charge in [0.25, 0.3) is 0 Å². The molecule has 0 saturated carbocycles. The third kappa shape index (κ3) is 3.41. The minimum absolute atomic E-state index is 0.187. The van der Waals surface area contributed by atoms with E-state index in [1.165, 1.54) is 6.07 Å². The number of hydrogen-bond acceptors (Lipinski definition) is 2. The highest BCUT2D eigenvalue weighted by Gasteiger charge is 2.28. The normalized spacial score (nSPS) is 14.4. The summed E-state index contributed by atoms with van der Waals surface area (Å²) in [7, 11) is 0. The first kappa shape index (κ1) is 11.1. The number of alkyl halides is 3. The molecule has 14 heavy (non-hydrogen) atoms. The molecular formula is C9H11F3O2. The van der Waals surface area contributed by atoms with E-state index < -0.39 is 18.7 Å². The summed E-state index contributed by atoms with van der Waals surface area (Å²) in [4.78, 5) is 0. The predicted molar refractivity (Wildman–Crippen MR) is 43.7 cm³/mol. The summed E-state index contributed by atoms with van der Waals surface area (Å²) in [6.07, 6.45) is -6.78. The number of hydrogen-bond donors (Lipinski definition) is 1. The predicted octanol–water partition coefficient (Wildman–Crippen LogP) is 2.96. The quantitative estimate of drug-likeness (QED) is 0.828. The maximum Gasteiger partial charge on any atom is 0.389 e. The van der Waals surface area contributed by atoms with Crippen molar-refractivity contribution in [1.82, 2.24) is 0 Å². The average molecular weight is 208 g/mol. The van der Waals surface area contributed by atoms with Crippen LogP contribution in [-0.4, -0.2) is 11.3 Å². The molecule has 1 aromatic heterocycles. The summed E-state index contributed by atoms with van der Waals surface area (Å²) < 4.78 is 40.4. The monoisotopic (exact) mass is 208 g/mol. The van der Waals surface area contributed by atoms with Crippen LogP contribution in [0.3, 0.4) is 0 Å². The van der Waals surface area contributed by atoms with Crippen LogP contribution in [-0.2, 0) is 0 Å². The third-order valence-corrected chi connectivity index (χ3v) is 1.79. The van der Waals surface area contributed by atoms with E-state index in [-0.39, 0.29) is 12.2 Å². The van der Waals surface area contributed by atoms with Crippen molar-refractivity contribution in [3.05, 3.63) is 23.7 Å². The molecule has 0 amide bonds. The summed E-state index contributed by atoms with van der Waals surface area (Å²) >= 11 is 0. The smallest absolute Gasteiger partial charge is 0.389 e. The van der Waals surface area contributed by atoms with Gasteiger partial charge in [0.1, 0.15) is 17.6 Å². The zero-order valence-electron chi connectivity index (χ0n) is 7.64. The van der Waals surface area contributed by atoms with Crippen LogP contribution in [0.15, 0.2) is 16.5 Å². The van der Waals surface area contributed by atoms with E-state index in [1.807, 2.05) is 0 Å². The number of halogens is 3. The van der Waals surface area contributed by atoms with Crippen LogP contribution in [0.4, 0.5) is 13.2 Å². The molecule has 0 aliphatic carbocycles. The second-order valence-electron chi connectivity index (χ2n) is 3.12. The van der Waals surface area contributed by atoms with Crippen molar-refractivity contribution < 1.29 is 22.7 Å². The van der Waals surface area contributed by atoms with E-state index in [1.54, 1.807) is 13.0 Å². The van der Waals surface area contributed by atoms with Crippen LogP contribution in [0, 0.1) is 6.92 Å². The van der Waals surface area contributed by atoms with Crippen molar-refractivity contribution in [2.45, 2.75) is 32.0 Å². The largest absolute Gasteiger partial charge is 0.464 e. The molecule has 0 bridgehead atoms. The Morgan fingerprint density at radius 3 is 2.50 bits per heavy atom. The molecule has 2 nitrogen and oxygen atoms in total. The molecule has 0 fully saturated rings. The summed E-state index contributed by atoms with van der Waals surface area (Å²) in [6, 6.07) is 3.09. The van der Waals surface area contributed by atoms with Gasteiger partial charge in [0.05, 0.1) is 0 Å². The summed E-state index contributed by atoms with van der Waals surface area (Å²) in [5, 5.41) is 9.30. The topological polar surface area (TPSA) is 33.4 Å². The molecule has 0 saturated heterocycles. The Balaban J connectivity index is 2.47. The molecule has 1 rings (SSSR count). The first-order valence-electron chi connectivity index (χ1n) is 4.19. The van der Waals surface area contributed by atoms with E-state index in [9.17, 15) is 18.3 Å². The first-order chi connectivity index (χ1) is 6.38. The minimum Gasteiger partial charge on any atom is -0.464 e. The molecular weight excluding hydrogens is 197 g/mol. The van der Waals surface area contributed by atoms with Gasteiger partial charge in [0.2, 0.25) is 0 Å². The van der Waals surface area contributed by atoms with E-state index >= 15 is 0 Å². The summed E-state index contributed by atoms with van der Waals surface area (Å²) in [5.74, 6) is 0.762. The minimum atomic E-state index is -4.23. The molecule has 1 unspecified atom stereocenters. The number of aliphatic hydroxyl groups excluding tert-OH is 1. The van der Waals surface area contributed by atoms with Gasteiger partial charge in [-0.15, -0.1) is 0 Å². The summed E-state index contributed by atoms with van der Waals surface area (Å²) in [5.41, 5.74) is 0. The Morgan fingerprint density at radius 1 is 1.43 bits per heavy atom. The van der Waals surface area contributed by atoms with Gasteiger partial charge in [-0.05, 0) is 25.5 Å². The van der Waals surface area contributed by atoms with E-state index in [0.29, 0.717) is 5.76 Å². The second-order valence-corrected chi connectivity index (χ2v) is 3.12. The lowest BCUT2D eigenvalue weighted by Crippen LogP contribution is -2.09. The Morgan fingerprint density at radius 2 is 2.07 bits per heavy atom. The van der Waals surface area contributed by atoms with Crippen LogP contribution < -0.4 is 0 Å². The lowest BCUT2D eigenvalue weighted by Gasteiger charge is -2.09. The summed E-state index contributed by atoms with van der Waals surface area (Å²) in [6.45, 7) is 1.67. The van der Waals surface area contributed by atoms with Crippen LogP contribution in [0.1, 0.15) is 30.5 Å². The number of rotatable bonds is 3. The lowest BCUT2D eigenvalue weighted by atomic mass is 10.1. The van der Waals surface area contributed by atoms with Crippen LogP contribution in [0.2, 0.25) is 0 Å². The molecule has 0 radical (unpaired) electrons. The highest BCUT2D eigenvalue weighted by molar-refractivity contribution is 5.07. The molecule has 1 atom stereocenters. The van der Waals surface area contributed by atoms with Crippen molar-refractivity contribution in [3.8, 4) is 0 Å². The van der Waals surface area contributed by atoms with Gasteiger partial charge in [-0.3, -0.25) is 0 Å². The SMILES string of the molecule is Cc1ccc(C(O)CCC(F)(F)F)o1. The third-order valence-electron chi connectivity index (χ3n) is 1.79. The maximum absolute atomic E-state index is 11.8. The van der Waals surface area contributed by atoms with Crippen molar-refractivity contribution in [3.63, 3.8) is 0 Å². The highest BCUT2D eigenvalue weighted by Crippen LogP contribution is 2.28. The number of aliphatic hydroxyl groups is 1. The van der Waals surface area contributed by atoms with Gasteiger partial charge < -0.3 is 9.52 Å². The number of furan rings is 1. The van der Waals surface area contributed by atoms with E-state index in [0.717, 1.165) is 0 Å². The van der Waals surface area contributed by atoms with Crippen LogP contribution in [0.25, 0.3) is 0 Å². The van der Waals surface area contributed by atoms with Crippen molar-refractivity contribution in [2.75, 3.05) is 0 Å². The molecule has 0 spiro atoms. The second kappa shape index (κ2) is 4.04. The standard InChI is InChI=1S/C9H11F3O2/c1-6-2-3-8(14-6)7(13)4-5-9(10,11)12/h2-3,7,13H,4-5H2,1H3. The van der Waals surface area contributed by atoms with Crippen molar-refractivity contribution >= 4 is 0 Å². The molecule has 1 heterocycles. The Kier molecular flexibility index (Phi) is 3.21. The van der Waals surface area contributed by atoms with Crippen molar-refractivity contribution in [2.24, 2.45) is 0 Å². The molecule has 1 N–H and O–H groups in total. The van der Waals surface area contributed by atoms with Crippen LogP contribution >= 0.6 is 0 Å². The lowest BCUT2D eigenvalue weighted by molar-refractivity contribution is -0.140. The highest BCUT2D eigenvalue weighted by atomic mass is 19.4.